The predicted molar refractivity (Wildman–Crippen MR) is 80.0 cm³/mol. The van der Waals surface area contributed by atoms with Gasteiger partial charge in [-0.3, -0.25) is 4.98 Å². The third-order valence-corrected chi connectivity index (χ3v) is 3.68. The van der Waals surface area contributed by atoms with Crippen LogP contribution < -0.4 is 61.2 Å². The summed E-state index contributed by atoms with van der Waals surface area (Å²) in [5.74, 6) is -1.12. The summed E-state index contributed by atoms with van der Waals surface area (Å²) in [4.78, 5) is 14.6. The number of aromatic carboxylic acids is 1. The van der Waals surface area contributed by atoms with Gasteiger partial charge in [-0.2, -0.15) is 13.2 Å². The van der Waals surface area contributed by atoms with Crippen molar-refractivity contribution in [3.05, 3.63) is 65.2 Å². The summed E-state index contributed by atoms with van der Waals surface area (Å²) < 4.78 is 45.6. The number of hydrogen-bond acceptors (Lipinski definition) is 4. The molecule has 3 rings (SSSR count). The number of aryl methyl sites for hydroxylation is 1. The van der Waals surface area contributed by atoms with E-state index in [0.717, 1.165) is 6.20 Å². The van der Waals surface area contributed by atoms with Crippen LogP contribution in [0.25, 0.3) is 5.52 Å². The number of carboxylic acid groups (broad SMARTS) is 1. The molecule has 0 amide bonds. The van der Waals surface area contributed by atoms with E-state index in [4.69, 9.17) is 4.74 Å². The van der Waals surface area contributed by atoms with Gasteiger partial charge in [0.2, 0.25) is 0 Å². The molecule has 3 aromatic rings. The van der Waals surface area contributed by atoms with Crippen molar-refractivity contribution >= 4 is 11.5 Å². The molecule has 0 N–H and O–H groups in total. The Morgan fingerprint density at radius 1 is 1.31 bits per heavy atom. The van der Waals surface area contributed by atoms with E-state index in [1.54, 1.807) is 25.1 Å². The molecular weight excluding hydrogens is 376 g/mol. The second-order valence-corrected chi connectivity index (χ2v) is 5.42. The Morgan fingerprint density at radius 2 is 2.04 bits per heavy atom. The Kier molecular flexibility index (Phi) is 6.51. The van der Waals surface area contributed by atoms with Gasteiger partial charge in [0.15, 0.2) is 5.69 Å². The third kappa shape index (κ3) is 4.29. The summed E-state index contributed by atoms with van der Waals surface area (Å²) in [5.41, 5.74) is -0.0230. The van der Waals surface area contributed by atoms with Crippen LogP contribution in [0.4, 0.5) is 13.2 Å². The van der Waals surface area contributed by atoms with E-state index in [0.29, 0.717) is 11.1 Å². The fourth-order valence-electron chi connectivity index (χ4n) is 2.60. The average Bonchev–Trinajstić information content (AvgIpc) is 2.87. The van der Waals surface area contributed by atoms with E-state index < -0.39 is 17.8 Å². The number of hydrogen-bond donors (Lipinski definition) is 0. The van der Waals surface area contributed by atoms with Crippen LogP contribution in [0.15, 0.2) is 42.7 Å². The molecule has 26 heavy (non-hydrogen) atoms. The molecule has 5 nitrogen and oxygen atoms in total. The van der Waals surface area contributed by atoms with Gasteiger partial charge in [-0.05, 0) is 36.8 Å². The van der Waals surface area contributed by atoms with Gasteiger partial charge in [-0.25, -0.2) is 0 Å². The van der Waals surface area contributed by atoms with Crippen LogP contribution in [-0.4, -0.2) is 15.4 Å². The van der Waals surface area contributed by atoms with Crippen LogP contribution in [0.1, 0.15) is 27.3 Å². The Morgan fingerprint density at radius 3 is 2.69 bits per heavy atom. The van der Waals surface area contributed by atoms with Crippen LogP contribution >= 0.6 is 0 Å². The molecule has 0 saturated carbocycles. The largest absolute Gasteiger partial charge is 1.00 e. The number of pyridine rings is 2. The van der Waals surface area contributed by atoms with Crippen LogP contribution in [-0.2, 0) is 12.8 Å². The predicted octanol–water partition coefficient (Wildman–Crippen LogP) is -0.392. The molecule has 0 unspecified atom stereocenters. The maximum absolute atomic E-state index is 12.9. The summed E-state index contributed by atoms with van der Waals surface area (Å²) in [6, 6.07) is 7.50. The molecule has 0 fully saturated rings. The number of halogens is 3. The summed E-state index contributed by atoms with van der Waals surface area (Å²) in [6.45, 7) is 1.28. The van der Waals surface area contributed by atoms with Gasteiger partial charge in [0.05, 0.1) is 17.9 Å². The molecule has 0 aliphatic rings. The fraction of sp³-hybridized carbons (Fsp3) is 0.176. The minimum absolute atomic E-state index is 0. The first kappa shape index (κ1) is 20.9. The number of carboxylic acids is 1. The summed E-state index contributed by atoms with van der Waals surface area (Å²) in [7, 11) is 0. The van der Waals surface area contributed by atoms with Crippen molar-refractivity contribution in [3.8, 4) is 5.75 Å². The normalized spacial score (nSPS) is 11.2. The number of nitrogens with zero attached hydrogens (tertiary/aromatic N) is 2. The molecule has 3 aromatic heterocycles. The molecule has 0 saturated heterocycles. The number of aromatic nitrogens is 2. The van der Waals surface area contributed by atoms with Gasteiger partial charge in [-0.15, -0.1) is 0 Å². The van der Waals surface area contributed by atoms with E-state index in [1.165, 1.54) is 22.7 Å². The first-order valence-electron chi connectivity index (χ1n) is 7.24. The van der Waals surface area contributed by atoms with Gasteiger partial charge in [0, 0.05) is 17.3 Å². The van der Waals surface area contributed by atoms with E-state index in [1.807, 2.05) is 0 Å². The third-order valence-electron chi connectivity index (χ3n) is 3.68. The van der Waals surface area contributed by atoms with Gasteiger partial charge in [0.25, 0.3) is 0 Å². The van der Waals surface area contributed by atoms with Crippen molar-refractivity contribution in [1.29, 1.82) is 0 Å². The van der Waals surface area contributed by atoms with Crippen LogP contribution in [0, 0.1) is 6.92 Å². The number of alkyl halides is 3. The van der Waals surface area contributed by atoms with Gasteiger partial charge in [-0.1, -0.05) is 6.07 Å². The second-order valence-electron chi connectivity index (χ2n) is 5.42. The smallest absolute Gasteiger partial charge is 0.543 e. The summed E-state index contributed by atoms with van der Waals surface area (Å²) in [6.07, 6.45) is -2.12. The number of ether oxygens (including phenoxy) is 1. The zero-order valence-electron chi connectivity index (χ0n) is 14.0. The van der Waals surface area contributed by atoms with Crippen molar-refractivity contribution in [2.45, 2.75) is 19.7 Å². The molecule has 0 atom stereocenters. The Balaban J connectivity index is 0.00000243. The van der Waals surface area contributed by atoms with Crippen molar-refractivity contribution in [3.63, 3.8) is 0 Å². The van der Waals surface area contributed by atoms with Gasteiger partial charge < -0.3 is 19.0 Å². The fourth-order valence-corrected chi connectivity index (χ4v) is 2.60. The molecule has 0 bridgehead atoms. The molecular formula is C17H12F3KN2O3. The minimum Gasteiger partial charge on any atom is -0.543 e. The van der Waals surface area contributed by atoms with Crippen molar-refractivity contribution in [2.24, 2.45) is 0 Å². The maximum atomic E-state index is 12.9. The number of carbonyl (C=O) groups is 1. The molecule has 0 aromatic carbocycles. The van der Waals surface area contributed by atoms with Crippen molar-refractivity contribution in [1.82, 2.24) is 9.38 Å². The molecule has 0 aliphatic carbocycles. The summed E-state index contributed by atoms with van der Waals surface area (Å²) >= 11 is 0. The standard InChI is InChI=1S/C17H13F3N2O3.K/c1-10-7-12-4-5-13(8-22(12)14(10)16(23)24)25-9-11-3-2-6-21-15(11)17(18,19)20;/h2-8H,9H2,1H3,(H,23,24);/q;+1/p-1. The van der Waals surface area contributed by atoms with Crippen molar-refractivity contribution in [2.75, 3.05) is 0 Å². The Hall–Kier alpha value is -1.39. The van der Waals surface area contributed by atoms with E-state index in [9.17, 15) is 23.1 Å². The number of carbonyl (C=O) groups excluding carboxylic acids is 1. The zero-order chi connectivity index (χ0) is 18.2. The average molecular weight is 388 g/mol. The maximum Gasteiger partial charge on any atom is 1.00 e. The first-order chi connectivity index (χ1) is 11.8. The number of fused-ring (bicyclic) bond motifs is 1. The molecule has 0 spiro atoms. The quantitative estimate of drug-likeness (QED) is 0.571. The molecule has 130 valence electrons. The van der Waals surface area contributed by atoms with E-state index in [2.05, 4.69) is 4.98 Å². The number of rotatable bonds is 4. The summed E-state index contributed by atoms with van der Waals surface area (Å²) in [5, 5.41) is 11.2. The SMILES string of the molecule is Cc1cc2ccc(OCc3cccnc3C(F)(F)F)cn2c1C(=O)[O-].[K+]. The van der Waals surface area contributed by atoms with E-state index >= 15 is 0 Å². The monoisotopic (exact) mass is 388 g/mol. The zero-order valence-corrected chi connectivity index (χ0v) is 17.1. The molecule has 3 heterocycles. The van der Waals surface area contributed by atoms with Gasteiger partial charge >= 0.3 is 57.6 Å². The molecule has 0 radical (unpaired) electrons. The van der Waals surface area contributed by atoms with Gasteiger partial charge in [0.1, 0.15) is 12.4 Å². The minimum atomic E-state index is -4.58. The van der Waals surface area contributed by atoms with E-state index in [-0.39, 0.29) is 75.0 Å². The van der Waals surface area contributed by atoms with Crippen LogP contribution in [0.3, 0.4) is 0 Å². The Bertz CT molecular complexity index is 954. The first-order valence-corrected chi connectivity index (χ1v) is 7.24. The Labute approximate surface area is 189 Å². The molecule has 9 heteroatoms. The van der Waals surface area contributed by atoms with Crippen LogP contribution in [0.2, 0.25) is 0 Å². The second kappa shape index (κ2) is 8.09. The topological polar surface area (TPSA) is 66.7 Å². The molecule has 0 aliphatic heterocycles. The van der Waals surface area contributed by atoms with Crippen molar-refractivity contribution < 1.29 is 79.2 Å². The van der Waals surface area contributed by atoms with Crippen LogP contribution in [0.5, 0.6) is 5.75 Å².